The van der Waals surface area contributed by atoms with Crippen molar-refractivity contribution >= 4 is 6.03 Å². The second-order valence-electron chi connectivity index (χ2n) is 3.97. The molecule has 0 unspecified atom stereocenters. The van der Waals surface area contributed by atoms with E-state index in [0.29, 0.717) is 12.6 Å². The third-order valence-corrected chi connectivity index (χ3v) is 2.37. The van der Waals surface area contributed by atoms with Crippen LogP contribution >= 0.6 is 0 Å². The van der Waals surface area contributed by atoms with E-state index >= 15 is 0 Å². The number of carbonyl (C=O) groups excluding carboxylic acids is 1. The zero-order valence-electron chi connectivity index (χ0n) is 9.58. The Labute approximate surface area is 91.2 Å². The van der Waals surface area contributed by atoms with Crippen LogP contribution in [0.3, 0.4) is 0 Å². The summed E-state index contributed by atoms with van der Waals surface area (Å²) in [5.74, 6) is 0. The van der Waals surface area contributed by atoms with Gasteiger partial charge in [-0.3, -0.25) is 0 Å². The summed E-state index contributed by atoms with van der Waals surface area (Å²) in [6, 6.07) is 0.383. The van der Waals surface area contributed by atoms with Gasteiger partial charge in [0.2, 0.25) is 0 Å². The topological polar surface area (TPSA) is 53.6 Å². The maximum Gasteiger partial charge on any atom is 0.315 e. The van der Waals surface area contributed by atoms with Gasteiger partial charge in [0.1, 0.15) is 0 Å². The van der Waals surface area contributed by atoms with E-state index in [1.165, 1.54) is 0 Å². The van der Waals surface area contributed by atoms with Gasteiger partial charge in [0.05, 0.1) is 6.61 Å². The lowest BCUT2D eigenvalue weighted by molar-refractivity contribution is 0.161. The van der Waals surface area contributed by atoms with Crippen molar-refractivity contribution in [1.82, 2.24) is 15.5 Å². The molecule has 0 radical (unpaired) electrons. The van der Waals surface area contributed by atoms with Crippen LogP contribution in [-0.4, -0.2) is 57.4 Å². The normalized spacial score (nSPS) is 15.4. The summed E-state index contributed by atoms with van der Waals surface area (Å²) in [4.78, 5) is 13.3. The van der Waals surface area contributed by atoms with Crippen molar-refractivity contribution in [2.45, 2.75) is 18.9 Å². The van der Waals surface area contributed by atoms with E-state index in [1.807, 2.05) is 7.05 Å². The molecule has 5 nitrogen and oxygen atoms in total. The quantitative estimate of drug-likeness (QED) is 0.630. The number of urea groups is 1. The molecule has 0 saturated heterocycles. The van der Waals surface area contributed by atoms with E-state index < -0.39 is 0 Å². The molecule has 1 aliphatic carbocycles. The molecule has 0 spiro atoms. The molecule has 0 aromatic carbocycles. The molecule has 2 N–H and O–H groups in total. The smallest absolute Gasteiger partial charge is 0.315 e. The fraction of sp³-hybridized carbons (Fsp3) is 0.900. The van der Waals surface area contributed by atoms with Crippen LogP contribution in [-0.2, 0) is 4.74 Å². The van der Waals surface area contributed by atoms with E-state index in [4.69, 9.17) is 4.74 Å². The molecule has 1 rings (SSSR count). The summed E-state index contributed by atoms with van der Waals surface area (Å²) in [5.41, 5.74) is 0. The molecule has 1 fully saturated rings. The van der Waals surface area contributed by atoms with E-state index in [9.17, 15) is 4.79 Å². The molecule has 0 heterocycles. The second kappa shape index (κ2) is 6.63. The summed E-state index contributed by atoms with van der Waals surface area (Å²) in [6.07, 6.45) is 2.25. The number of ether oxygens (including phenoxy) is 1. The van der Waals surface area contributed by atoms with Gasteiger partial charge >= 0.3 is 6.03 Å². The first kappa shape index (κ1) is 12.3. The summed E-state index contributed by atoms with van der Waals surface area (Å²) >= 11 is 0. The highest BCUT2D eigenvalue weighted by Gasteiger charge is 2.22. The van der Waals surface area contributed by atoms with Crippen molar-refractivity contribution < 1.29 is 9.53 Å². The monoisotopic (exact) mass is 215 g/mol. The van der Waals surface area contributed by atoms with E-state index in [1.54, 1.807) is 7.11 Å². The lowest BCUT2D eigenvalue weighted by Crippen LogP contribution is -2.40. The predicted molar refractivity (Wildman–Crippen MR) is 58.9 cm³/mol. The molecule has 0 aliphatic heterocycles. The molecule has 1 aliphatic rings. The number of hydrogen-bond donors (Lipinski definition) is 2. The van der Waals surface area contributed by atoms with Crippen molar-refractivity contribution in [1.29, 1.82) is 0 Å². The number of methoxy groups -OCH3 is 1. The Kier molecular flexibility index (Phi) is 5.42. The molecular weight excluding hydrogens is 194 g/mol. The third-order valence-electron chi connectivity index (χ3n) is 2.37. The average Bonchev–Trinajstić information content (AvgIpc) is 2.98. The summed E-state index contributed by atoms with van der Waals surface area (Å²) < 4.78 is 4.96. The van der Waals surface area contributed by atoms with Gasteiger partial charge in [-0.2, -0.15) is 0 Å². The van der Waals surface area contributed by atoms with Crippen molar-refractivity contribution in [3.8, 4) is 0 Å². The van der Waals surface area contributed by atoms with Crippen molar-refractivity contribution in [3.05, 3.63) is 0 Å². The minimum Gasteiger partial charge on any atom is -0.383 e. The highest BCUT2D eigenvalue weighted by molar-refractivity contribution is 5.74. The zero-order chi connectivity index (χ0) is 11.1. The third kappa shape index (κ3) is 6.30. The summed E-state index contributed by atoms with van der Waals surface area (Å²) in [6.45, 7) is 3.15. The Balaban J connectivity index is 1.92. The summed E-state index contributed by atoms with van der Waals surface area (Å²) in [5, 5.41) is 5.71. The molecule has 88 valence electrons. The molecule has 0 atom stereocenters. The van der Waals surface area contributed by atoms with Crippen LogP contribution in [0.1, 0.15) is 12.8 Å². The number of rotatable bonds is 7. The molecule has 0 aromatic heterocycles. The maximum absolute atomic E-state index is 11.2. The number of nitrogens with zero attached hydrogens (tertiary/aromatic N) is 1. The number of amides is 2. The molecule has 1 saturated carbocycles. The molecule has 5 heteroatoms. The Bertz CT molecular complexity index is 195. The fourth-order valence-electron chi connectivity index (χ4n) is 1.18. The van der Waals surface area contributed by atoms with Crippen LogP contribution < -0.4 is 10.6 Å². The van der Waals surface area contributed by atoms with E-state index in [0.717, 1.165) is 32.5 Å². The molecular formula is C10H21N3O2. The van der Waals surface area contributed by atoms with Crippen LogP contribution in [0.25, 0.3) is 0 Å². The van der Waals surface area contributed by atoms with Crippen LogP contribution in [0, 0.1) is 0 Å². The number of carbonyl (C=O) groups is 1. The van der Waals surface area contributed by atoms with Crippen molar-refractivity contribution in [2.75, 3.05) is 40.4 Å². The Morgan fingerprint density at radius 1 is 1.47 bits per heavy atom. The maximum atomic E-state index is 11.2. The highest BCUT2D eigenvalue weighted by atomic mass is 16.5. The van der Waals surface area contributed by atoms with Crippen LogP contribution in [0.2, 0.25) is 0 Å². The number of hydrogen-bond acceptors (Lipinski definition) is 3. The first-order chi connectivity index (χ1) is 7.22. The lowest BCUT2D eigenvalue weighted by Gasteiger charge is -2.16. The Hall–Kier alpha value is -0.810. The Morgan fingerprint density at radius 2 is 2.20 bits per heavy atom. The molecule has 0 aromatic rings. The minimum atomic E-state index is -0.0439. The number of likely N-dealkylation sites (N-methyl/N-ethyl adjacent to an activating group) is 1. The first-order valence-corrected chi connectivity index (χ1v) is 5.44. The van der Waals surface area contributed by atoms with Gasteiger partial charge in [0.25, 0.3) is 0 Å². The standard InChI is InChI=1S/C10H21N3O2/c1-13(7-8-15-2)6-5-11-10(14)12-9-3-4-9/h9H,3-8H2,1-2H3,(H2,11,12,14). The van der Waals surface area contributed by atoms with Gasteiger partial charge in [0, 0.05) is 32.8 Å². The molecule has 2 amide bonds. The molecule has 0 bridgehead atoms. The van der Waals surface area contributed by atoms with Gasteiger partial charge in [-0.05, 0) is 19.9 Å². The predicted octanol–water partition coefficient (Wildman–Crippen LogP) is 0.0262. The van der Waals surface area contributed by atoms with Crippen LogP contribution in [0.15, 0.2) is 0 Å². The zero-order valence-corrected chi connectivity index (χ0v) is 9.58. The SMILES string of the molecule is COCCN(C)CCNC(=O)NC1CC1. The van der Waals surface area contributed by atoms with Gasteiger partial charge in [-0.1, -0.05) is 0 Å². The van der Waals surface area contributed by atoms with Gasteiger partial charge < -0.3 is 20.3 Å². The van der Waals surface area contributed by atoms with Gasteiger partial charge in [-0.15, -0.1) is 0 Å². The fourth-order valence-corrected chi connectivity index (χ4v) is 1.18. The van der Waals surface area contributed by atoms with Crippen LogP contribution in [0.5, 0.6) is 0 Å². The van der Waals surface area contributed by atoms with Gasteiger partial charge in [0.15, 0.2) is 0 Å². The second-order valence-corrected chi connectivity index (χ2v) is 3.97. The van der Waals surface area contributed by atoms with E-state index in [2.05, 4.69) is 15.5 Å². The average molecular weight is 215 g/mol. The Morgan fingerprint density at radius 3 is 2.80 bits per heavy atom. The largest absolute Gasteiger partial charge is 0.383 e. The number of nitrogens with one attached hydrogen (secondary N) is 2. The van der Waals surface area contributed by atoms with Gasteiger partial charge in [-0.25, -0.2) is 4.79 Å². The highest BCUT2D eigenvalue weighted by Crippen LogP contribution is 2.17. The van der Waals surface area contributed by atoms with Crippen LogP contribution in [0.4, 0.5) is 4.79 Å². The van der Waals surface area contributed by atoms with Crippen molar-refractivity contribution in [2.24, 2.45) is 0 Å². The summed E-state index contributed by atoms with van der Waals surface area (Å²) in [7, 11) is 3.70. The molecule has 15 heavy (non-hydrogen) atoms. The van der Waals surface area contributed by atoms with Crippen molar-refractivity contribution in [3.63, 3.8) is 0 Å². The van der Waals surface area contributed by atoms with E-state index in [-0.39, 0.29) is 6.03 Å². The minimum absolute atomic E-state index is 0.0439. The first-order valence-electron chi connectivity index (χ1n) is 5.44. The lowest BCUT2D eigenvalue weighted by atomic mass is 10.5.